The lowest BCUT2D eigenvalue weighted by Crippen LogP contribution is -2.36. The fourth-order valence-electron chi connectivity index (χ4n) is 4.99. The van der Waals surface area contributed by atoms with Crippen molar-refractivity contribution in [2.24, 2.45) is 0 Å². The average Bonchev–Trinajstić information content (AvgIpc) is 2.83. The second-order valence-corrected chi connectivity index (χ2v) is 9.20. The van der Waals surface area contributed by atoms with Crippen LogP contribution in [0.5, 0.6) is 5.75 Å². The average molecular weight is 477 g/mol. The van der Waals surface area contributed by atoms with Gasteiger partial charge in [0.1, 0.15) is 5.75 Å². The van der Waals surface area contributed by atoms with Gasteiger partial charge in [-0.05, 0) is 55.5 Å². The number of carbonyl (C=O) groups is 3. The van der Waals surface area contributed by atoms with Crippen molar-refractivity contribution in [3.8, 4) is 5.75 Å². The molecule has 2 aromatic carbocycles. The van der Waals surface area contributed by atoms with Crippen molar-refractivity contribution in [3.05, 3.63) is 81.7 Å². The first-order valence-electron chi connectivity index (χ1n) is 11.6. The molecule has 6 nitrogen and oxygen atoms in total. The summed E-state index contributed by atoms with van der Waals surface area (Å²) in [4.78, 5) is 38.1. The third kappa shape index (κ3) is 4.38. The third-order valence-electron chi connectivity index (χ3n) is 6.50. The molecule has 1 amide bonds. The molecule has 34 heavy (non-hydrogen) atoms. The molecule has 2 aromatic rings. The van der Waals surface area contributed by atoms with Crippen LogP contribution in [-0.4, -0.2) is 24.1 Å². The fraction of sp³-hybridized carbons (Fsp3) is 0.296. The minimum atomic E-state index is -0.417. The van der Waals surface area contributed by atoms with Crippen LogP contribution in [0, 0.1) is 0 Å². The Morgan fingerprint density at radius 3 is 2.21 bits per heavy atom. The van der Waals surface area contributed by atoms with Crippen LogP contribution in [0.4, 0.5) is 5.69 Å². The van der Waals surface area contributed by atoms with Crippen molar-refractivity contribution in [1.82, 2.24) is 5.32 Å². The third-order valence-corrected chi connectivity index (χ3v) is 6.79. The minimum Gasteiger partial charge on any atom is -0.482 e. The van der Waals surface area contributed by atoms with Gasteiger partial charge in [0.2, 0.25) is 0 Å². The number of ether oxygens (including phenoxy) is 1. The fourth-order valence-corrected chi connectivity index (χ4v) is 5.24. The van der Waals surface area contributed by atoms with Gasteiger partial charge in [0, 0.05) is 47.0 Å². The van der Waals surface area contributed by atoms with Crippen LogP contribution >= 0.6 is 11.6 Å². The molecule has 0 spiro atoms. The molecule has 2 aliphatic carbocycles. The lowest BCUT2D eigenvalue weighted by molar-refractivity contribution is -0.118. The topological polar surface area (TPSA) is 84.5 Å². The maximum atomic E-state index is 12.9. The van der Waals surface area contributed by atoms with E-state index in [1.165, 1.54) is 0 Å². The number of benzene rings is 2. The van der Waals surface area contributed by atoms with Gasteiger partial charge in [-0.2, -0.15) is 0 Å². The maximum absolute atomic E-state index is 12.9. The van der Waals surface area contributed by atoms with Crippen molar-refractivity contribution >= 4 is 34.8 Å². The summed E-state index contributed by atoms with van der Waals surface area (Å²) in [5.74, 6) is -0.180. The Hall–Kier alpha value is -3.38. The number of carbonyl (C=O) groups excluding carboxylic acids is 3. The van der Waals surface area contributed by atoms with Gasteiger partial charge in [-0.3, -0.25) is 14.4 Å². The van der Waals surface area contributed by atoms with Gasteiger partial charge in [0.15, 0.2) is 18.2 Å². The summed E-state index contributed by atoms with van der Waals surface area (Å²) in [5.41, 5.74) is 4.72. The molecule has 0 saturated carbocycles. The van der Waals surface area contributed by atoms with Crippen molar-refractivity contribution in [1.29, 1.82) is 0 Å². The number of ketones is 2. The van der Waals surface area contributed by atoms with Crippen LogP contribution in [0.25, 0.3) is 0 Å². The Balaban J connectivity index is 1.39. The zero-order chi connectivity index (χ0) is 23.7. The molecule has 0 atom stereocenters. The first kappa shape index (κ1) is 22.4. The second kappa shape index (κ2) is 9.47. The summed E-state index contributed by atoms with van der Waals surface area (Å²) in [6.07, 6.45) is 4.19. The Kier molecular flexibility index (Phi) is 6.24. The smallest absolute Gasteiger partial charge is 0.262 e. The molecule has 3 aliphatic rings. The predicted molar refractivity (Wildman–Crippen MR) is 130 cm³/mol. The summed E-state index contributed by atoms with van der Waals surface area (Å²) < 4.78 is 5.65. The second-order valence-electron chi connectivity index (χ2n) is 8.79. The highest BCUT2D eigenvalue weighted by Crippen LogP contribution is 2.46. The maximum Gasteiger partial charge on any atom is 0.262 e. The largest absolute Gasteiger partial charge is 0.482 e. The van der Waals surface area contributed by atoms with Gasteiger partial charge >= 0.3 is 0 Å². The van der Waals surface area contributed by atoms with Crippen LogP contribution in [-0.2, 0) is 14.4 Å². The molecule has 7 heteroatoms. The van der Waals surface area contributed by atoms with E-state index < -0.39 is 5.92 Å². The van der Waals surface area contributed by atoms with Crippen LogP contribution < -0.4 is 15.4 Å². The standard InChI is InChI=1S/C27H25ClN2O4/c28-18-14-16(12-13-23(18)34-15-24(33)29-17-6-2-1-3-7-17)25-26-19(8-4-10-21(26)31)30-20-9-5-11-22(32)27(20)25/h1-3,6-7,12-14,25,30H,4-5,8-11,15H2,(H,29,33). The van der Waals surface area contributed by atoms with E-state index in [1.54, 1.807) is 24.3 Å². The van der Waals surface area contributed by atoms with Gasteiger partial charge in [-0.25, -0.2) is 0 Å². The van der Waals surface area contributed by atoms with Crippen molar-refractivity contribution in [3.63, 3.8) is 0 Å². The number of amides is 1. The minimum absolute atomic E-state index is 0.0812. The number of Topliss-reactive ketones (excluding diaryl/α,β-unsaturated/α-hetero) is 2. The lowest BCUT2D eigenvalue weighted by atomic mass is 9.71. The molecular formula is C27H25ClN2O4. The molecule has 0 aromatic heterocycles. The molecule has 0 radical (unpaired) electrons. The summed E-state index contributed by atoms with van der Waals surface area (Å²) in [6.45, 7) is -0.192. The van der Waals surface area contributed by atoms with E-state index in [9.17, 15) is 14.4 Å². The Morgan fingerprint density at radius 1 is 0.941 bits per heavy atom. The monoisotopic (exact) mass is 476 g/mol. The van der Waals surface area contributed by atoms with Gasteiger partial charge in [0.25, 0.3) is 5.91 Å². The zero-order valence-electron chi connectivity index (χ0n) is 18.7. The van der Waals surface area contributed by atoms with E-state index in [1.807, 2.05) is 24.3 Å². The number of nitrogens with one attached hydrogen (secondary N) is 2. The number of para-hydroxylation sites is 1. The molecule has 174 valence electrons. The quantitative estimate of drug-likeness (QED) is 0.630. The molecule has 0 unspecified atom stereocenters. The van der Waals surface area contributed by atoms with Crippen LogP contribution in [0.3, 0.4) is 0 Å². The molecule has 2 N–H and O–H groups in total. The number of dihydropyridines is 1. The number of rotatable bonds is 5. The molecule has 0 fully saturated rings. The Bertz CT molecular complexity index is 1190. The number of halogens is 1. The number of hydrogen-bond acceptors (Lipinski definition) is 5. The van der Waals surface area contributed by atoms with E-state index >= 15 is 0 Å². The molecular weight excluding hydrogens is 452 g/mol. The van der Waals surface area contributed by atoms with Crippen molar-refractivity contribution in [2.75, 3.05) is 11.9 Å². The van der Waals surface area contributed by atoms with Gasteiger partial charge < -0.3 is 15.4 Å². The van der Waals surface area contributed by atoms with Crippen LogP contribution in [0.15, 0.2) is 71.1 Å². The van der Waals surface area contributed by atoms with E-state index in [4.69, 9.17) is 16.3 Å². The first-order chi connectivity index (χ1) is 16.5. The van der Waals surface area contributed by atoms with Crippen molar-refractivity contribution < 1.29 is 19.1 Å². The lowest BCUT2D eigenvalue weighted by Gasteiger charge is -2.37. The number of allylic oxidation sites excluding steroid dienone is 4. The zero-order valence-corrected chi connectivity index (χ0v) is 19.4. The molecule has 0 saturated heterocycles. The van der Waals surface area contributed by atoms with E-state index in [2.05, 4.69) is 10.6 Å². The summed E-state index contributed by atoms with van der Waals surface area (Å²) in [6, 6.07) is 14.4. The highest BCUT2D eigenvalue weighted by Gasteiger charge is 2.40. The summed E-state index contributed by atoms with van der Waals surface area (Å²) in [7, 11) is 0. The normalized spacial score (nSPS) is 18.3. The summed E-state index contributed by atoms with van der Waals surface area (Å²) >= 11 is 6.54. The molecule has 1 heterocycles. The molecule has 1 aliphatic heterocycles. The van der Waals surface area contributed by atoms with Crippen LogP contribution in [0.1, 0.15) is 50.0 Å². The Morgan fingerprint density at radius 2 is 1.59 bits per heavy atom. The SMILES string of the molecule is O=C(COc1ccc(C2C3=C(CCCC3=O)NC3=C2C(=O)CCC3)cc1Cl)Nc1ccccc1. The number of hydrogen-bond donors (Lipinski definition) is 2. The predicted octanol–water partition coefficient (Wildman–Crippen LogP) is 5.06. The molecule has 5 rings (SSSR count). The van der Waals surface area contributed by atoms with E-state index in [0.29, 0.717) is 40.4 Å². The van der Waals surface area contributed by atoms with Crippen LogP contribution in [0.2, 0.25) is 5.02 Å². The van der Waals surface area contributed by atoms with Crippen molar-refractivity contribution in [2.45, 2.75) is 44.4 Å². The van der Waals surface area contributed by atoms with Gasteiger partial charge in [-0.1, -0.05) is 35.9 Å². The summed E-state index contributed by atoms with van der Waals surface area (Å²) in [5, 5.41) is 6.51. The van der Waals surface area contributed by atoms with E-state index in [-0.39, 0.29) is 24.1 Å². The Labute approximate surface area is 203 Å². The highest BCUT2D eigenvalue weighted by molar-refractivity contribution is 6.32. The first-order valence-corrected chi connectivity index (χ1v) is 12.0. The van der Waals surface area contributed by atoms with E-state index in [0.717, 1.165) is 42.6 Å². The highest BCUT2D eigenvalue weighted by atomic mass is 35.5. The van der Waals surface area contributed by atoms with Gasteiger partial charge in [-0.15, -0.1) is 0 Å². The molecule has 0 bridgehead atoms. The number of anilines is 1. The van der Waals surface area contributed by atoms with Gasteiger partial charge in [0.05, 0.1) is 5.02 Å².